The highest BCUT2D eigenvalue weighted by atomic mass is 32.1. The van der Waals surface area contributed by atoms with Crippen molar-refractivity contribution < 1.29 is 0 Å². The van der Waals surface area contributed by atoms with E-state index in [1.165, 1.54) is 6.42 Å². The van der Waals surface area contributed by atoms with Crippen LogP contribution in [0.4, 0.5) is 11.4 Å². The molecule has 152 valence electrons. The predicted molar refractivity (Wildman–Crippen MR) is 129 cm³/mol. The molecular formula is C23H28N4S2. The minimum absolute atomic E-state index is 0.135. The summed E-state index contributed by atoms with van der Waals surface area (Å²) in [5, 5.41) is 8.44. The van der Waals surface area contributed by atoms with Crippen molar-refractivity contribution >= 4 is 46.0 Å². The third-order valence-corrected chi connectivity index (χ3v) is 6.49. The van der Waals surface area contributed by atoms with E-state index in [4.69, 9.17) is 24.4 Å². The molecule has 2 saturated heterocycles. The van der Waals surface area contributed by atoms with Crippen molar-refractivity contribution in [3.05, 3.63) is 60.7 Å². The molecule has 2 fully saturated rings. The van der Waals surface area contributed by atoms with E-state index >= 15 is 0 Å². The molecule has 0 unspecified atom stereocenters. The lowest BCUT2D eigenvalue weighted by atomic mass is 9.65. The smallest absolute Gasteiger partial charge is 0.173 e. The molecule has 0 atom stereocenters. The van der Waals surface area contributed by atoms with Crippen molar-refractivity contribution in [2.45, 2.75) is 20.3 Å². The molecular weight excluding hydrogens is 396 g/mol. The van der Waals surface area contributed by atoms with Gasteiger partial charge in [0.25, 0.3) is 0 Å². The Bertz CT molecular complexity index is 799. The number of nitrogens with zero attached hydrogens (tertiary/aromatic N) is 2. The number of hydrogen-bond acceptors (Lipinski definition) is 2. The Morgan fingerprint density at radius 2 is 1.03 bits per heavy atom. The molecule has 2 N–H and O–H groups in total. The molecule has 0 saturated carbocycles. The van der Waals surface area contributed by atoms with Crippen molar-refractivity contribution in [2.24, 2.45) is 10.8 Å². The summed E-state index contributed by atoms with van der Waals surface area (Å²) >= 11 is 11.5. The van der Waals surface area contributed by atoms with Gasteiger partial charge in [-0.3, -0.25) is 0 Å². The third kappa shape index (κ3) is 4.70. The van der Waals surface area contributed by atoms with Gasteiger partial charge < -0.3 is 20.4 Å². The van der Waals surface area contributed by atoms with E-state index in [1.807, 2.05) is 36.4 Å². The lowest BCUT2D eigenvalue weighted by Crippen LogP contribution is -2.64. The Kier molecular flexibility index (Phi) is 5.49. The second kappa shape index (κ2) is 7.92. The maximum Gasteiger partial charge on any atom is 0.173 e. The van der Waals surface area contributed by atoms with Crippen molar-refractivity contribution in [3.63, 3.8) is 0 Å². The average molecular weight is 425 g/mol. The van der Waals surface area contributed by atoms with Gasteiger partial charge in [0, 0.05) is 48.4 Å². The van der Waals surface area contributed by atoms with Crippen LogP contribution in [0.2, 0.25) is 0 Å². The van der Waals surface area contributed by atoms with Gasteiger partial charge in [-0.05, 0) is 55.1 Å². The molecule has 0 amide bonds. The Morgan fingerprint density at radius 3 is 1.38 bits per heavy atom. The molecule has 0 aromatic heterocycles. The number of anilines is 2. The van der Waals surface area contributed by atoms with Crippen LogP contribution in [0.3, 0.4) is 0 Å². The molecule has 0 spiro atoms. The summed E-state index contributed by atoms with van der Waals surface area (Å²) in [5.41, 5.74) is 2.35. The van der Waals surface area contributed by atoms with Gasteiger partial charge >= 0.3 is 0 Å². The minimum atomic E-state index is 0.135. The fourth-order valence-electron chi connectivity index (χ4n) is 5.04. The Morgan fingerprint density at radius 1 is 0.690 bits per heavy atom. The van der Waals surface area contributed by atoms with E-state index in [0.29, 0.717) is 0 Å². The molecule has 0 aliphatic carbocycles. The van der Waals surface area contributed by atoms with Crippen LogP contribution < -0.4 is 10.6 Å². The van der Waals surface area contributed by atoms with Gasteiger partial charge in [0.05, 0.1) is 0 Å². The molecule has 2 aromatic rings. The second-order valence-electron chi connectivity index (χ2n) is 9.10. The normalized spacial score (nSPS) is 26.0. The fraction of sp³-hybridized carbons (Fsp3) is 0.391. The van der Waals surface area contributed by atoms with Gasteiger partial charge in [0.1, 0.15) is 0 Å². The number of nitrogens with one attached hydrogen (secondary N) is 2. The Labute approximate surface area is 184 Å². The number of thiocarbonyl (C=S) groups is 2. The third-order valence-electron chi connectivity index (χ3n) is 5.77. The van der Waals surface area contributed by atoms with Gasteiger partial charge in [-0.2, -0.15) is 0 Å². The largest absolute Gasteiger partial charge is 0.348 e. The molecule has 2 aromatic carbocycles. The van der Waals surface area contributed by atoms with Crippen LogP contribution in [0, 0.1) is 10.8 Å². The van der Waals surface area contributed by atoms with Crippen LogP contribution >= 0.6 is 24.4 Å². The minimum Gasteiger partial charge on any atom is -0.348 e. The van der Waals surface area contributed by atoms with Gasteiger partial charge in [-0.25, -0.2) is 0 Å². The van der Waals surface area contributed by atoms with Gasteiger partial charge in [0.15, 0.2) is 10.2 Å². The molecule has 29 heavy (non-hydrogen) atoms. The summed E-state index contributed by atoms with van der Waals surface area (Å²) in [6.45, 7) is 8.47. The summed E-state index contributed by atoms with van der Waals surface area (Å²) in [4.78, 5) is 4.69. The van der Waals surface area contributed by atoms with E-state index in [9.17, 15) is 0 Å². The number of benzene rings is 2. The predicted octanol–water partition coefficient (Wildman–Crippen LogP) is 4.81. The Balaban J connectivity index is 1.45. The maximum absolute atomic E-state index is 5.76. The van der Waals surface area contributed by atoms with Crippen molar-refractivity contribution in [1.82, 2.24) is 9.80 Å². The first-order valence-corrected chi connectivity index (χ1v) is 10.9. The first kappa shape index (κ1) is 20.1. The monoisotopic (exact) mass is 424 g/mol. The summed E-state index contributed by atoms with van der Waals surface area (Å²) in [6, 6.07) is 20.3. The zero-order valence-corrected chi connectivity index (χ0v) is 18.7. The van der Waals surface area contributed by atoms with Gasteiger partial charge in [-0.1, -0.05) is 50.2 Å². The topological polar surface area (TPSA) is 30.5 Å². The van der Waals surface area contributed by atoms with Gasteiger partial charge in [0.2, 0.25) is 0 Å². The average Bonchev–Trinajstić information content (AvgIpc) is 2.67. The standard InChI is InChI=1S/C23H28N4S2/c1-22-13-23(2,16-26(14-22)20(28)24-18-9-5-3-6-10-18)17-27(15-22)21(29)25-19-11-7-4-8-12-19/h3-12H,13-17H2,1-2H3,(H,24,28)(H,25,29). The molecule has 0 radical (unpaired) electrons. The zero-order chi connectivity index (χ0) is 20.5. The number of hydrogen-bond donors (Lipinski definition) is 2. The molecule has 2 aliphatic heterocycles. The zero-order valence-electron chi connectivity index (χ0n) is 17.0. The fourth-order valence-corrected chi connectivity index (χ4v) is 5.54. The molecule has 2 bridgehead atoms. The number of rotatable bonds is 2. The highest BCUT2D eigenvalue weighted by Gasteiger charge is 2.49. The molecule has 2 aliphatic rings. The maximum atomic E-state index is 5.76. The van der Waals surface area contributed by atoms with Crippen LogP contribution in [0.15, 0.2) is 60.7 Å². The first-order valence-electron chi connectivity index (χ1n) is 10.1. The lowest BCUT2D eigenvalue weighted by molar-refractivity contribution is -0.0261. The summed E-state index contributed by atoms with van der Waals surface area (Å²) < 4.78 is 0. The summed E-state index contributed by atoms with van der Waals surface area (Å²) in [5.74, 6) is 0. The molecule has 4 nitrogen and oxygen atoms in total. The van der Waals surface area contributed by atoms with E-state index in [0.717, 1.165) is 47.8 Å². The van der Waals surface area contributed by atoms with Gasteiger partial charge in [-0.15, -0.1) is 0 Å². The van der Waals surface area contributed by atoms with Crippen LogP contribution in [-0.2, 0) is 0 Å². The lowest BCUT2D eigenvalue weighted by Gasteiger charge is -2.57. The highest BCUT2D eigenvalue weighted by Crippen LogP contribution is 2.45. The summed E-state index contributed by atoms with van der Waals surface area (Å²) in [6.07, 6.45) is 1.19. The summed E-state index contributed by atoms with van der Waals surface area (Å²) in [7, 11) is 0. The number of fused-ring (bicyclic) bond motifs is 2. The molecule has 6 heteroatoms. The molecule has 4 rings (SSSR count). The molecule has 2 heterocycles. The number of para-hydroxylation sites is 2. The van der Waals surface area contributed by atoms with E-state index in [1.54, 1.807) is 0 Å². The first-order chi connectivity index (χ1) is 13.8. The second-order valence-corrected chi connectivity index (χ2v) is 9.88. The van der Waals surface area contributed by atoms with E-state index < -0.39 is 0 Å². The van der Waals surface area contributed by atoms with Crippen molar-refractivity contribution in [3.8, 4) is 0 Å². The quantitative estimate of drug-likeness (QED) is 0.673. The van der Waals surface area contributed by atoms with Crippen molar-refractivity contribution in [1.29, 1.82) is 0 Å². The van der Waals surface area contributed by atoms with Crippen LogP contribution in [0.5, 0.6) is 0 Å². The van der Waals surface area contributed by atoms with Crippen LogP contribution in [0.1, 0.15) is 20.3 Å². The number of piperidine rings is 2. The highest BCUT2D eigenvalue weighted by molar-refractivity contribution is 7.80. The number of likely N-dealkylation sites (tertiary alicyclic amines) is 2. The Hall–Kier alpha value is -2.18. The SMILES string of the molecule is CC12CN(C(=S)Nc3ccccc3)CC(C)(CN(C(=S)Nc3ccccc3)C1)C2. The van der Waals surface area contributed by atoms with E-state index in [2.05, 4.69) is 58.5 Å². The van der Waals surface area contributed by atoms with E-state index in [-0.39, 0.29) is 10.8 Å². The van der Waals surface area contributed by atoms with Crippen molar-refractivity contribution in [2.75, 3.05) is 36.8 Å². The van der Waals surface area contributed by atoms with Crippen LogP contribution in [-0.4, -0.2) is 46.2 Å². The van der Waals surface area contributed by atoms with Crippen LogP contribution in [0.25, 0.3) is 0 Å².